The van der Waals surface area contributed by atoms with E-state index in [0.717, 1.165) is 0 Å². The van der Waals surface area contributed by atoms with Crippen LogP contribution >= 0.6 is 0 Å². The summed E-state index contributed by atoms with van der Waals surface area (Å²) in [6, 6.07) is 2.76. The van der Waals surface area contributed by atoms with Crippen LogP contribution in [0.25, 0.3) is 0 Å². The molecule has 5 nitrogen and oxygen atoms in total. The van der Waals surface area contributed by atoms with Gasteiger partial charge in [0.25, 0.3) is 0 Å². The van der Waals surface area contributed by atoms with Gasteiger partial charge in [0.1, 0.15) is 16.9 Å². The summed E-state index contributed by atoms with van der Waals surface area (Å²) in [5, 5.41) is 18.5. The molecule has 0 aromatic heterocycles. The first kappa shape index (κ1) is 12.0. The van der Waals surface area contributed by atoms with Gasteiger partial charge in [-0.15, -0.1) is 0 Å². The molecule has 86 valence electrons. The van der Waals surface area contributed by atoms with Crippen LogP contribution in [0.4, 0.5) is 0 Å². The topological polar surface area (TPSA) is 83.8 Å². The van der Waals surface area contributed by atoms with Crippen LogP contribution in [-0.2, 0) is 11.2 Å². The minimum absolute atomic E-state index is 0.126. The molecule has 0 bridgehead atoms. The molecule has 1 aromatic rings. The van der Waals surface area contributed by atoms with Crippen molar-refractivity contribution in [1.82, 2.24) is 0 Å². The van der Waals surface area contributed by atoms with Crippen molar-refractivity contribution in [2.75, 3.05) is 7.11 Å². The van der Waals surface area contributed by atoms with Crippen molar-refractivity contribution < 1.29 is 24.5 Å². The van der Waals surface area contributed by atoms with Gasteiger partial charge in [0, 0.05) is 0 Å². The van der Waals surface area contributed by atoms with Gasteiger partial charge in [-0.25, -0.2) is 9.59 Å². The van der Waals surface area contributed by atoms with Gasteiger partial charge in [-0.3, -0.25) is 0 Å². The summed E-state index contributed by atoms with van der Waals surface area (Å²) in [4.78, 5) is 22.1. The number of carbonyl (C=O) groups is 2. The highest BCUT2D eigenvalue weighted by atomic mass is 16.5. The van der Waals surface area contributed by atoms with Gasteiger partial charge in [0.2, 0.25) is 0 Å². The molecule has 0 spiro atoms. The van der Waals surface area contributed by atoms with Crippen molar-refractivity contribution in [2.45, 2.75) is 13.3 Å². The van der Waals surface area contributed by atoms with Crippen molar-refractivity contribution in [1.29, 1.82) is 0 Å². The molecule has 0 atom stereocenters. The summed E-state index contributed by atoms with van der Waals surface area (Å²) >= 11 is 0. The van der Waals surface area contributed by atoms with E-state index < -0.39 is 17.7 Å². The number of aromatic carboxylic acids is 1. The Morgan fingerprint density at radius 3 is 2.31 bits per heavy atom. The predicted molar refractivity (Wildman–Crippen MR) is 55.8 cm³/mol. The van der Waals surface area contributed by atoms with E-state index in [4.69, 9.17) is 5.11 Å². The standard InChI is InChI=1S/C11H12O5/c1-3-6-4-7(10(13)14)9(12)8(5-6)11(15)16-2/h4-5,12H,3H2,1-2H3,(H,13,14). The molecule has 0 radical (unpaired) electrons. The van der Waals surface area contributed by atoms with E-state index in [-0.39, 0.29) is 11.1 Å². The third kappa shape index (κ3) is 2.13. The Morgan fingerprint density at radius 1 is 1.31 bits per heavy atom. The zero-order chi connectivity index (χ0) is 12.3. The van der Waals surface area contributed by atoms with E-state index in [1.54, 1.807) is 0 Å². The van der Waals surface area contributed by atoms with Crippen molar-refractivity contribution >= 4 is 11.9 Å². The fourth-order valence-electron chi connectivity index (χ4n) is 1.33. The van der Waals surface area contributed by atoms with Gasteiger partial charge in [-0.2, -0.15) is 0 Å². The summed E-state index contributed by atoms with van der Waals surface area (Å²) in [5.74, 6) is -2.59. The Labute approximate surface area is 92.3 Å². The number of aryl methyl sites for hydroxylation is 1. The lowest BCUT2D eigenvalue weighted by Gasteiger charge is -2.08. The van der Waals surface area contributed by atoms with E-state index in [1.807, 2.05) is 6.92 Å². The van der Waals surface area contributed by atoms with Crippen LogP contribution in [0.1, 0.15) is 33.2 Å². The monoisotopic (exact) mass is 224 g/mol. The third-order valence-corrected chi connectivity index (χ3v) is 2.21. The van der Waals surface area contributed by atoms with Gasteiger partial charge < -0.3 is 14.9 Å². The van der Waals surface area contributed by atoms with Crippen molar-refractivity contribution in [2.24, 2.45) is 0 Å². The second-order valence-electron chi connectivity index (χ2n) is 3.19. The molecule has 0 saturated heterocycles. The van der Waals surface area contributed by atoms with E-state index in [2.05, 4.69) is 4.74 Å². The predicted octanol–water partition coefficient (Wildman–Crippen LogP) is 1.44. The summed E-state index contributed by atoms with van der Waals surface area (Å²) in [7, 11) is 1.17. The van der Waals surface area contributed by atoms with Crippen LogP contribution in [0.5, 0.6) is 5.75 Å². The molecule has 0 aliphatic heterocycles. The highest BCUT2D eigenvalue weighted by Crippen LogP contribution is 2.25. The summed E-state index contributed by atoms with van der Waals surface area (Å²) in [5.41, 5.74) is 0.231. The van der Waals surface area contributed by atoms with Crippen LogP contribution in [0.2, 0.25) is 0 Å². The molecule has 0 aliphatic rings. The smallest absolute Gasteiger partial charge is 0.341 e. The summed E-state index contributed by atoms with van der Waals surface area (Å²) in [6.07, 6.45) is 0.560. The maximum Gasteiger partial charge on any atom is 0.341 e. The van der Waals surface area contributed by atoms with Crippen LogP contribution < -0.4 is 0 Å². The van der Waals surface area contributed by atoms with Crippen molar-refractivity contribution in [3.63, 3.8) is 0 Å². The van der Waals surface area contributed by atoms with Gasteiger partial charge in [-0.05, 0) is 24.1 Å². The number of aromatic hydroxyl groups is 1. The van der Waals surface area contributed by atoms with E-state index >= 15 is 0 Å². The first-order valence-electron chi connectivity index (χ1n) is 4.68. The lowest BCUT2D eigenvalue weighted by molar-refractivity contribution is 0.0597. The SMILES string of the molecule is CCc1cc(C(=O)O)c(O)c(C(=O)OC)c1. The van der Waals surface area contributed by atoms with Crippen LogP contribution in [0, 0.1) is 0 Å². The van der Waals surface area contributed by atoms with Crippen LogP contribution in [0.3, 0.4) is 0 Å². The Kier molecular flexibility index (Phi) is 3.50. The molecule has 0 unspecified atom stereocenters. The van der Waals surface area contributed by atoms with Crippen LogP contribution in [0.15, 0.2) is 12.1 Å². The zero-order valence-corrected chi connectivity index (χ0v) is 8.98. The number of carboxylic acids is 1. The quantitative estimate of drug-likeness (QED) is 0.759. The average Bonchev–Trinajstić information content (AvgIpc) is 2.28. The second-order valence-corrected chi connectivity index (χ2v) is 3.19. The Balaban J connectivity index is 3.43. The number of methoxy groups -OCH3 is 1. The minimum Gasteiger partial charge on any atom is -0.506 e. The number of hydrogen-bond acceptors (Lipinski definition) is 4. The van der Waals surface area contributed by atoms with Gasteiger partial charge in [0.15, 0.2) is 0 Å². The maximum absolute atomic E-state index is 11.3. The molecule has 0 heterocycles. The maximum atomic E-state index is 11.3. The lowest BCUT2D eigenvalue weighted by Crippen LogP contribution is -2.07. The minimum atomic E-state index is -1.28. The van der Waals surface area contributed by atoms with Gasteiger partial charge in [0.05, 0.1) is 7.11 Å². The van der Waals surface area contributed by atoms with Gasteiger partial charge >= 0.3 is 11.9 Å². The van der Waals surface area contributed by atoms with Crippen molar-refractivity contribution in [3.8, 4) is 5.75 Å². The molecular formula is C11H12O5. The highest BCUT2D eigenvalue weighted by Gasteiger charge is 2.20. The van der Waals surface area contributed by atoms with Gasteiger partial charge in [-0.1, -0.05) is 6.92 Å². The fourth-order valence-corrected chi connectivity index (χ4v) is 1.33. The number of esters is 1. The molecule has 5 heteroatoms. The second kappa shape index (κ2) is 4.65. The largest absolute Gasteiger partial charge is 0.506 e. The first-order valence-corrected chi connectivity index (χ1v) is 4.68. The molecule has 0 amide bonds. The molecule has 1 rings (SSSR count). The Bertz CT molecular complexity index is 436. The van der Waals surface area contributed by atoms with E-state index in [9.17, 15) is 14.7 Å². The normalized spacial score (nSPS) is 9.88. The third-order valence-electron chi connectivity index (χ3n) is 2.21. The van der Waals surface area contributed by atoms with E-state index in [1.165, 1.54) is 19.2 Å². The number of ether oxygens (including phenoxy) is 1. The number of carbonyl (C=O) groups excluding carboxylic acids is 1. The zero-order valence-electron chi connectivity index (χ0n) is 8.98. The molecule has 2 N–H and O–H groups in total. The number of rotatable bonds is 3. The molecule has 0 saturated carbocycles. The number of benzene rings is 1. The van der Waals surface area contributed by atoms with Crippen LogP contribution in [-0.4, -0.2) is 29.3 Å². The molecular weight excluding hydrogens is 212 g/mol. The summed E-state index contributed by atoms with van der Waals surface area (Å²) < 4.78 is 4.46. The summed E-state index contributed by atoms with van der Waals surface area (Å²) in [6.45, 7) is 1.82. The Morgan fingerprint density at radius 2 is 1.88 bits per heavy atom. The van der Waals surface area contributed by atoms with E-state index in [0.29, 0.717) is 12.0 Å². The number of carboxylic acid groups (broad SMARTS) is 1. The lowest BCUT2D eigenvalue weighted by atomic mass is 10.0. The number of hydrogen-bond donors (Lipinski definition) is 2. The highest BCUT2D eigenvalue weighted by molar-refractivity contribution is 5.99. The average molecular weight is 224 g/mol. The molecule has 0 fully saturated rings. The molecule has 1 aromatic carbocycles. The first-order chi connectivity index (χ1) is 7.51. The fraction of sp³-hybridized carbons (Fsp3) is 0.273. The molecule has 0 aliphatic carbocycles. The molecule has 16 heavy (non-hydrogen) atoms. The van der Waals surface area contributed by atoms with Crippen molar-refractivity contribution in [3.05, 3.63) is 28.8 Å². The number of phenols is 1. The Hall–Kier alpha value is -2.04.